The number of carbonyl (C=O) groups excluding carboxylic acids is 1. The van der Waals surface area contributed by atoms with Gasteiger partial charge < -0.3 is 4.74 Å². The lowest BCUT2D eigenvalue weighted by Gasteiger charge is -2.22. The third-order valence-electron chi connectivity index (χ3n) is 3.69. The van der Waals surface area contributed by atoms with E-state index in [1.807, 2.05) is 36.0 Å². The maximum Gasteiger partial charge on any atom is 0.176 e. The molecule has 0 unspecified atom stereocenters. The summed E-state index contributed by atoms with van der Waals surface area (Å²) in [6.07, 6.45) is 1.13. The second-order valence-corrected chi connectivity index (χ2v) is 7.59. The van der Waals surface area contributed by atoms with Gasteiger partial charge in [0.15, 0.2) is 5.78 Å². The van der Waals surface area contributed by atoms with Crippen LogP contribution in [0.25, 0.3) is 0 Å². The molecule has 0 saturated carbocycles. The number of hydrogen-bond donors (Lipinski definition) is 0. The average Bonchev–Trinajstić information content (AvgIpc) is 2.60. The summed E-state index contributed by atoms with van der Waals surface area (Å²) >= 11 is 2.00. The van der Waals surface area contributed by atoms with Crippen LogP contribution in [0.4, 0.5) is 0 Å². The van der Waals surface area contributed by atoms with E-state index in [-0.39, 0.29) is 5.78 Å². The van der Waals surface area contributed by atoms with Crippen LogP contribution in [0.1, 0.15) is 30.6 Å². The van der Waals surface area contributed by atoms with E-state index in [2.05, 4.69) is 18.7 Å². The number of nitrogens with zero attached hydrogens (tertiary/aromatic N) is 1. The van der Waals surface area contributed by atoms with Crippen LogP contribution in [0, 0.1) is 0 Å². The normalized spacial score (nSPS) is 19.4. The topological polar surface area (TPSA) is 29.5 Å². The Labute approximate surface area is 125 Å². The quantitative estimate of drug-likeness (QED) is 0.798. The first kappa shape index (κ1) is 15.4. The molecule has 1 aliphatic rings. The molecule has 0 aliphatic carbocycles. The fourth-order valence-corrected chi connectivity index (χ4v) is 3.45. The Bertz CT molecular complexity index is 473. The van der Waals surface area contributed by atoms with E-state index in [0.29, 0.717) is 11.3 Å². The maximum absolute atomic E-state index is 12.4. The number of rotatable bonds is 4. The first-order valence-corrected chi connectivity index (χ1v) is 8.02. The molecule has 0 radical (unpaired) electrons. The second kappa shape index (κ2) is 6.64. The molecular formula is C16H23NO2S. The molecule has 110 valence electrons. The third kappa shape index (κ3) is 4.25. The molecule has 0 atom stereocenters. The average molecular weight is 293 g/mol. The highest BCUT2D eigenvalue weighted by molar-refractivity contribution is 8.00. The lowest BCUT2D eigenvalue weighted by Crippen LogP contribution is -2.32. The van der Waals surface area contributed by atoms with Crippen LogP contribution in [-0.2, 0) is 0 Å². The summed E-state index contributed by atoms with van der Waals surface area (Å²) in [5.41, 5.74) is 0.737. The molecule has 4 heteroatoms. The van der Waals surface area contributed by atoms with Crippen molar-refractivity contribution in [3.8, 4) is 5.75 Å². The molecule has 3 nitrogen and oxygen atoms in total. The van der Waals surface area contributed by atoms with Crippen molar-refractivity contribution in [1.82, 2.24) is 4.90 Å². The zero-order valence-corrected chi connectivity index (χ0v) is 13.3. The minimum absolute atomic E-state index is 0.175. The molecule has 1 heterocycles. The van der Waals surface area contributed by atoms with Crippen LogP contribution in [0.2, 0.25) is 0 Å². The molecule has 0 aromatic heterocycles. The summed E-state index contributed by atoms with van der Waals surface area (Å²) in [7, 11) is 1.62. The van der Waals surface area contributed by atoms with Crippen LogP contribution in [0.15, 0.2) is 24.3 Å². The van der Waals surface area contributed by atoms with Gasteiger partial charge in [-0.25, -0.2) is 0 Å². The van der Waals surface area contributed by atoms with E-state index >= 15 is 0 Å². The molecule has 1 saturated heterocycles. The number of carbonyl (C=O) groups is 1. The Morgan fingerprint density at radius 3 is 2.95 bits per heavy atom. The third-order valence-corrected chi connectivity index (χ3v) is 5.06. The SMILES string of the molecule is COc1cccc(C(=O)CN2CCSC(C)(C)CC2)c1. The van der Waals surface area contributed by atoms with Crippen molar-refractivity contribution in [2.45, 2.75) is 25.0 Å². The molecular weight excluding hydrogens is 270 g/mol. The number of ether oxygens (including phenoxy) is 1. The fraction of sp³-hybridized carbons (Fsp3) is 0.562. The number of Topliss-reactive ketones (excluding diaryl/α,β-unsaturated/α-hetero) is 1. The van der Waals surface area contributed by atoms with Crippen LogP contribution < -0.4 is 4.74 Å². The molecule has 20 heavy (non-hydrogen) atoms. The molecule has 1 aromatic carbocycles. The van der Waals surface area contributed by atoms with E-state index in [0.717, 1.165) is 36.6 Å². The molecule has 0 spiro atoms. The molecule has 0 bridgehead atoms. The van der Waals surface area contributed by atoms with Crippen LogP contribution in [0.5, 0.6) is 5.75 Å². The number of ketones is 1. The van der Waals surface area contributed by atoms with Gasteiger partial charge in [-0.15, -0.1) is 0 Å². The lowest BCUT2D eigenvalue weighted by molar-refractivity contribution is 0.0933. The smallest absolute Gasteiger partial charge is 0.176 e. The molecule has 2 rings (SSSR count). The minimum atomic E-state index is 0.175. The minimum Gasteiger partial charge on any atom is -0.497 e. The Morgan fingerprint density at radius 1 is 1.40 bits per heavy atom. The van der Waals surface area contributed by atoms with Crippen LogP contribution in [-0.4, -0.2) is 47.9 Å². The van der Waals surface area contributed by atoms with Gasteiger partial charge in [0, 0.05) is 22.6 Å². The number of benzene rings is 1. The van der Waals surface area contributed by atoms with E-state index < -0.39 is 0 Å². The summed E-state index contributed by atoms with van der Waals surface area (Å²) < 4.78 is 5.50. The van der Waals surface area contributed by atoms with E-state index in [1.54, 1.807) is 7.11 Å². The van der Waals surface area contributed by atoms with Gasteiger partial charge in [-0.1, -0.05) is 26.0 Å². The van der Waals surface area contributed by atoms with Gasteiger partial charge in [-0.05, 0) is 25.1 Å². The van der Waals surface area contributed by atoms with E-state index in [9.17, 15) is 4.79 Å². The molecule has 1 aliphatic heterocycles. The largest absolute Gasteiger partial charge is 0.497 e. The molecule has 0 N–H and O–H groups in total. The zero-order valence-electron chi connectivity index (χ0n) is 12.5. The van der Waals surface area contributed by atoms with Crippen LogP contribution in [0.3, 0.4) is 0 Å². The molecule has 1 fully saturated rings. The summed E-state index contributed by atoms with van der Waals surface area (Å²) in [6.45, 7) is 7.05. The van der Waals surface area contributed by atoms with Gasteiger partial charge >= 0.3 is 0 Å². The molecule has 1 aromatic rings. The van der Waals surface area contributed by atoms with Gasteiger partial charge in [0.2, 0.25) is 0 Å². The summed E-state index contributed by atoms with van der Waals surface area (Å²) in [5, 5.41) is 0. The van der Waals surface area contributed by atoms with Crippen LogP contribution >= 0.6 is 11.8 Å². The van der Waals surface area contributed by atoms with E-state index in [4.69, 9.17) is 4.74 Å². The standard InChI is InChI=1S/C16H23NO2S/c1-16(2)7-8-17(9-10-20-16)12-15(18)13-5-4-6-14(11-13)19-3/h4-6,11H,7-10,12H2,1-3H3. The first-order chi connectivity index (χ1) is 9.50. The van der Waals surface area contributed by atoms with E-state index in [1.165, 1.54) is 0 Å². The first-order valence-electron chi connectivity index (χ1n) is 7.04. The van der Waals surface area contributed by atoms with Crippen molar-refractivity contribution in [1.29, 1.82) is 0 Å². The summed E-state index contributed by atoms with van der Waals surface area (Å²) in [6, 6.07) is 7.41. The van der Waals surface area contributed by atoms with Crippen molar-refractivity contribution in [3.63, 3.8) is 0 Å². The van der Waals surface area contributed by atoms with Gasteiger partial charge in [-0.2, -0.15) is 11.8 Å². The number of thioether (sulfide) groups is 1. The predicted octanol–water partition coefficient (Wildman–Crippen LogP) is 3.10. The Balaban J connectivity index is 1.97. The van der Waals surface area contributed by atoms with Gasteiger partial charge in [-0.3, -0.25) is 9.69 Å². The maximum atomic E-state index is 12.4. The van der Waals surface area contributed by atoms with Crippen molar-refractivity contribution in [2.24, 2.45) is 0 Å². The van der Waals surface area contributed by atoms with Crippen molar-refractivity contribution < 1.29 is 9.53 Å². The monoisotopic (exact) mass is 293 g/mol. The zero-order chi connectivity index (χ0) is 14.6. The second-order valence-electron chi connectivity index (χ2n) is 5.79. The van der Waals surface area contributed by atoms with Crippen molar-refractivity contribution in [2.75, 3.05) is 32.5 Å². The Morgan fingerprint density at radius 2 is 2.20 bits per heavy atom. The van der Waals surface area contributed by atoms with Gasteiger partial charge in [0.25, 0.3) is 0 Å². The highest BCUT2D eigenvalue weighted by Crippen LogP contribution is 2.30. The van der Waals surface area contributed by atoms with Gasteiger partial charge in [0.05, 0.1) is 13.7 Å². The predicted molar refractivity (Wildman–Crippen MR) is 84.9 cm³/mol. The van der Waals surface area contributed by atoms with Crippen molar-refractivity contribution in [3.05, 3.63) is 29.8 Å². The number of hydrogen-bond acceptors (Lipinski definition) is 4. The summed E-state index contributed by atoms with van der Waals surface area (Å²) in [5.74, 6) is 2.01. The Kier molecular flexibility index (Phi) is 5.11. The lowest BCUT2D eigenvalue weighted by atomic mass is 10.1. The highest BCUT2D eigenvalue weighted by Gasteiger charge is 2.24. The summed E-state index contributed by atoms with van der Waals surface area (Å²) in [4.78, 5) is 14.6. The fourth-order valence-electron chi connectivity index (χ4n) is 2.31. The Hall–Kier alpha value is -1.00. The van der Waals surface area contributed by atoms with Gasteiger partial charge in [0.1, 0.15) is 5.75 Å². The molecule has 0 amide bonds. The number of methoxy groups -OCH3 is 1. The highest BCUT2D eigenvalue weighted by atomic mass is 32.2. The van der Waals surface area contributed by atoms with Crippen molar-refractivity contribution >= 4 is 17.5 Å².